The van der Waals surface area contributed by atoms with Gasteiger partial charge in [-0.25, -0.2) is 0 Å². The molecule has 0 atom stereocenters. The lowest BCUT2D eigenvalue weighted by Crippen LogP contribution is -2.28. The summed E-state index contributed by atoms with van der Waals surface area (Å²) in [4.78, 5) is 11.9. The van der Waals surface area contributed by atoms with Crippen molar-refractivity contribution in [1.82, 2.24) is 5.32 Å². The molecule has 0 radical (unpaired) electrons. The first-order valence-corrected chi connectivity index (χ1v) is 7.87. The Morgan fingerprint density at radius 1 is 1.32 bits per heavy atom. The van der Waals surface area contributed by atoms with E-state index in [2.05, 4.69) is 42.0 Å². The van der Waals surface area contributed by atoms with Crippen LogP contribution in [0.25, 0.3) is 0 Å². The minimum Gasteiger partial charge on any atom is -0.483 e. The van der Waals surface area contributed by atoms with E-state index in [9.17, 15) is 4.79 Å². The summed E-state index contributed by atoms with van der Waals surface area (Å²) in [5.41, 5.74) is 0.990. The molecule has 0 spiro atoms. The molecule has 1 N–H and O–H groups in total. The average molecular weight is 366 g/mol. The first-order chi connectivity index (χ1) is 10.4. The number of benzene rings is 1. The van der Waals surface area contributed by atoms with Crippen LogP contribution in [0, 0.1) is 0 Å². The monoisotopic (exact) mass is 365 g/mol. The number of carbonyl (C=O) groups excluding carboxylic acids is 1. The van der Waals surface area contributed by atoms with Crippen LogP contribution in [-0.4, -0.2) is 12.5 Å². The molecule has 22 heavy (non-hydrogen) atoms. The normalized spacial score (nSPS) is 11.3. The van der Waals surface area contributed by atoms with E-state index in [4.69, 9.17) is 9.15 Å². The van der Waals surface area contributed by atoms with Crippen molar-refractivity contribution in [2.24, 2.45) is 0 Å². The smallest absolute Gasteiger partial charge is 0.258 e. The van der Waals surface area contributed by atoms with E-state index in [1.165, 1.54) is 0 Å². The summed E-state index contributed by atoms with van der Waals surface area (Å²) in [5, 5.41) is 2.76. The van der Waals surface area contributed by atoms with Crippen LogP contribution in [0.4, 0.5) is 0 Å². The third kappa shape index (κ3) is 4.63. The van der Waals surface area contributed by atoms with Crippen LogP contribution in [0.15, 0.2) is 45.5 Å². The number of halogens is 1. The molecule has 0 aliphatic rings. The van der Waals surface area contributed by atoms with E-state index in [0.717, 1.165) is 15.8 Å². The molecule has 4 nitrogen and oxygen atoms in total. The van der Waals surface area contributed by atoms with Gasteiger partial charge in [0.1, 0.15) is 11.5 Å². The van der Waals surface area contributed by atoms with Crippen molar-refractivity contribution < 1.29 is 13.9 Å². The molecular formula is C17H20BrNO3. The Morgan fingerprint density at radius 3 is 2.73 bits per heavy atom. The van der Waals surface area contributed by atoms with E-state index < -0.39 is 0 Å². The second-order valence-corrected chi connectivity index (χ2v) is 6.95. The molecule has 1 aromatic carbocycles. The number of rotatable bonds is 5. The van der Waals surface area contributed by atoms with Gasteiger partial charge < -0.3 is 14.5 Å². The Kier molecular flexibility index (Phi) is 5.29. The molecule has 0 aliphatic heterocycles. The number of hydrogen-bond donors (Lipinski definition) is 1. The molecule has 1 amide bonds. The highest BCUT2D eigenvalue weighted by Gasteiger charge is 2.20. The first-order valence-electron chi connectivity index (χ1n) is 7.08. The number of amides is 1. The second kappa shape index (κ2) is 7.01. The minimum atomic E-state index is -0.181. The van der Waals surface area contributed by atoms with Gasteiger partial charge in [0.05, 0.1) is 12.8 Å². The van der Waals surface area contributed by atoms with Crippen LogP contribution in [0.3, 0.4) is 0 Å². The van der Waals surface area contributed by atoms with Gasteiger partial charge in [-0.15, -0.1) is 0 Å². The van der Waals surface area contributed by atoms with Gasteiger partial charge >= 0.3 is 0 Å². The molecule has 0 aliphatic carbocycles. The van der Waals surface area contributed by atoms with Gasteiger partial charge in [0.25, 0.3) is 5.91 Å². The van der Waals surface area contributed by atoms with Gasteiger partial charge in [-0.2, -0.15) is 0 Å². The number of nitrogens with one attached hydrogen (secondary N) is 1. The lowest BCUT2D eigenvalue weighted by Gasteiger charge is -2.23. The van der Waals surface area contributed by atoms with Gasteiger partial charge in [-0.05, 0) is 35.7 Å². The van der Waals surface area contributed by atoms with Gasteiger partial charge in [0.15, 0.2) is 6.61 Å². The standard InChI is InChI=1S/C17H20BrNO3/c1-17(2,3)14-9-12(18)6-7-15(14)22-11-16(20)19-10-13-5-4-8-21-13/h4-9H,10-11H2,1-3H3,(H,19,20). The van der Waals surface area contributed by atoms with Crippen LogP contribution >= 0.6 is 15.9 Å². The third-order valence-electron chi connectivity index (χ3n) is 3.15. The Labute approximate surface area is 139 Å². The summed E-state index contributed by atoms with van der Waals surface area (Å²) in [6, 6.07) is 9.41. The van der Waals surface area contributed by atoms with Gasteiger partial charge in [-0.1, -0.05) is 36.7 Å². The molecule has 0 saturated heterocycles. The SMILES string of the molecule is CC(C)(C)c1cc(Br)ccc1OCC(=O)NCc1ccco1. The zero-order valence-corrected chi connectivity index (χ0v) is 14.6. The van der Waals surface area contributed by atoms with Crippen LogP contribution in [0.2, 0.25) is 0 Å². The lowest BCUT2D eigenvalue weighted by molar-refractivity contribution is -0.123. The van der Waals surface area contributed by atoms with E-state index >= 15 is 0 Å². The molecular weight excluding hydrogens is 346 g/mol. The van der Waals surface area contributed by atoms with E-state index in [0.29, 0.717) is 12.3 Å². The summed E-state index contributed by atoms with van der Waals surface area (Å²) < 4.78 is 11.8. The largest absolute Gasteiger partial charge is 0.483 e. The average Bonchev–Trinajstić information content (AvgIpc) is 2.96. The van der Waals surface area contributed by atoms with E-state index in [1.807, 2.05) is 24.3 Å². The highest BCUT2D eigenvalue weighted by Crippen LogP contribution is 2.33. The van der Waals surface area contributed by atoms with Crippen molar-refractivity contribution in [3.8, 4) is 5.75 Å². The Bertz CT molecular complexity index is 630. The maximum Gasteiger partial charge on any atom is 0.258 e. The van der Waals surface area contributed by atoms with Gasteiger partial charge in [0, 0.05) is 10.0 Å². The Hall–Kier alpha value is -1.75. The Morgan fingerprint density at radius 2 is 2.09 bits per heavy atom. The summed E-state index contributed by atoms with van der Waals surface area (Å²) >= 11 is 3.47. The molecule has 5 heteroatoms. The summed E-state index contributed by atoms with van der Waals surface area (Å²) in [6.45, 7) is 6.67. The molecule has 2 aromatic rings. The molecule has 0 fully saturated rings. The highest BCUT2D eigenvalue weighted by atomic mass is 79.9. The predicted octanol–water partition coefficient (Wildman–Crippen LogP) is 4.03. The van der Waals surface area contributed by atoms with Crippen molar-refractivity contribution in [2.45, 2.75) is 32.7 Å². The summed E-state index contributed by atoms with van der Waals surface area (Å²) in [6.07, 6.45) is 1.58. The van der Waals surface area contributed by atoms with E-state index in [-0.39, 0.29) is 17.9 Å². The van der Waals surface area contributed by atoms with Crippen LogP contribution < -0.4 is 10.1 Å². The topological polar surface area (TPSA) is 51.5 Å². The number of carbonyl (C=O) groups is 1. The van der Waals surface area contributed by atoms with Crippen molar-refractivity contribution in [3.05, 3.63) is 52.4 Å². The van der Waals surface area contributed by atoms with Crippen molar-refractivity contribution >= 4 is 21.8 Å². The van der Waals surface area contributed by atoms with Crippen LogP contribution in [-0.2, 0) is 16.8 Å². The highest BCUT2D eigenvalue weighted by molar-refractivity contribution is 9.10. The Balaban J connectivity index is 1.95. The molecule has 118 valence electrons. The number of ether oxygens (including phenoxy) is 1. The molecule has 0 unspecified atom stereocenters. The fourth-order valence-electron chi connectivity index (χ4n) is 2.01. The molecule has 0 saturated carbocycles. The van der Waals surface area contributed by atoms with Crippen LogP contribution in [0.1, 0.15) is 32.1 Å². The molecule has 2 rings (SSSR count). The zero-order valence-electron chi connectivity index (χ0n) is 13.0. The quantitative estimate of drug-likeness (QED) is 0.869. The van der Waals surface area contributed by atoms with Gasteiger partial charge in [0.2, 0.25) is 0 Å². The summed E-state index contributed by atoms with van der Waals surface area (Å²) in [7, 11) is 0. The minimum absolute atomic E-state index is 0.0224. The maximum atomic E-state index is 11.9. The third-order valence-corrected chi connectivity index (χ3v) is 3.64. The van der Waals surface area contributed by atoms with Crippen molar-refractivity contribution in [2.75, 3.05) is 6.61 Å². The van der Waals surface area contributed by atoms with E-state index in [1.54, 1.807) is 12.3 Å². The molecule has 0 bridgehead atoms. The zero-order chi connectivity index (χ0) is 16.2. The lowest BCUT2D eigenvalue weighted by atomic mass is 9.86. The summed E-state index contributed by atoms with van der Waals surface area (Å²) in [5.74, 6) is 1.26. The first kappa shape index (κ1) is 16.6. The number of furan rings is 1. The van der Waals surface area contributed by atoms with Crippen molar-refractivity contribution in [1.29, 1.82) is 0 Å². The van der Waals surface area contributed by atoms with Crippen molar-refractivity contribution in [3.63, 3.8) is 0 Å². The second-order valence-electron chi connectivity index (χ2n) is 6.04. The molecule has 1 heterocycles. The molecule has 1 aromatic heterocycles. The maximum absolute atomic E-state index is 11.9. The number of hydrogen-bond acceptors (Lipinski definition) is 3. The van der Waals surface area contributed by atoms with Crippen LogP contribution in [0.5, 0.6) is 5.75 Å². The predicted molar refractivity (Wildman–Crippen MR) is 88.9 cm³/mol. The fourth-order valence-corrected chi connectivity index (χ4v) is 2.37. The fraction of sp³-hybridized carbons (Fsp3) is 0.353. The van der Waals surface area contributed by atoms with Gasteiger partial charge in [-0.3, -0.25) is 4.79 Å².